The number of rotatable bonds is 2. The largest absolute Gasteiger partial charge is 0.336 e. The van der Waals surface area contributed by atoms with Crippen LogP contribution < -0.4 is 0 Å². The molecule has 0 N–H and O–H groups in total. The molecule has 3 nitrogen and oxygen atoms in total. The highest BCUT2D eigenvalue weighted by Crippen LogP contribution is 2.31. The summed E-state index contributed by atoms with van der Waals surface area (Å²) in [4.78, 5) is 16.7. The number of hydrogen-bond acceptors (Lipinski definition) is 3. The third kappa shape index (κ3) is 1.22. The van der Waals surface area contributed by atoms with E-state index in [1.807, 2.05) is 10.3 Å². The lowest BCUT2D eigenvalue weighted by Gasteiger charge is -2.16. The Labute approximate surface area is 75.0 Å². The van der Waals surface area contributed by atoms with Gasteiger partial charge in [0.05, 0.1) is 6.04 Å². The minimum atomic E-state index is 0.252. The fourth-order valence-corrected chi connectivity index (χ4v) is 2.37. The minimum absolute atomic E-state index is 0.252. The van der Waals surface area contributed by atoms with Gasteiger partial charge in [0.2, 0.25) is 6.41 Å². The van der Waals surface area contributed by atoms with E-state index < -0.39 is 0 Å². The van der Waals surface area contributed by atoms with Crippen LogP contribution in [0.25, 0.3) is 0 Å². The zero-order chi connectivity index (χ0) is 8.39. The van der Waals surface area contributed by atoms with E-state index in [-0.39, 0.29) is 6.04 Å². The molecule has 0 saturated carbocycles. The van der Waals surface area contributed by atoms with E-state index in [0.29, 0.717) is 0 Å². The predicted octanol–water partition coefficient (Wildman–Crippen LogP) is 1.44. The van der Waals surface area contributed by atoms with Crippen molar-refractivity contribution < 1.29 is 4.79 Å². The van der Waals surface area contributed by atoms with Gasteiger partial charge in [0.15, 0.2) is 0 Å². The maximum atomic E-state index is 10.6. The van der Waals surface area contributed by atoms with Gasteiger partial charge in [0, 0.05) is 18.1 Å². The van der Waals surface area contributed by atoms with Gasteiger partial charge in [-0.15, -0.1) is 11.3 Å². The van der Waals surface area contributed by atoms with Gasteiger partial charge < -0.3 is 4.90 Å². The van der Waals surface area contributed by atoms with Crippen molar-refractivity contribution in [3.8, 4) is 0 Å². The Morgan fingerprint density at radius 3 is 3.33 bits per heavy atom. The molecule has 1 aromatic rings. The maximum absolute atomic E-state index is 10.6. The van der Waals surface area contributed by atoms with Crippen molar-refractivity contribution in [2.45, 2.75) is 18.9 Å². The zero-order valence-corrected chi connectivity index (χ0v) is 7.46. The number of amides is 1. The fourth-order valence-electron chi connectivity index (χ4n) is 1.58. The highest BCUT2D eigenvalue weighted by atomic mass is 32.1. The van der Waals surface area contributed by atoms with Crippen LogP contribution in [0, 0.1) is 0 Å². The molecule has 64 valence electrons. The third-order valence-electron chi connectivity index (χ3n) is 2.17. The number of carbonyl (C=O) groups is 1. The molecule has 1 aromatic heterocycles. The third-order valence-corrected chi connectivity index (χ3v) is 3.04. The van der Waals surface area contributed by atoms with Crippen LogP contribution >= 0.6 is 11.3 Å². The van der Waals surface area contributed by atoms with Crippen molar-refractivity contribution in [2.75, 3.05) is 6.54 Å². The summed E-state index contributed by atoms with van der Waals surface area (Å²) in [5.74, 6) is 0. The lowest BCUT2D eigenvalue weighted by Crippen LogP contribution is -2.20. The number of carbonyl (C=O) groups excluding carboxylic acids is 1. The number of nitrogens with zero attached hydrogens (tertiary/aromatic N) is 2. The summed E-state index contributed by atoms with van der Waals surface area (Å²) >= 11 is 1.63. The van der Waals surface area contributed by atoms with Gasteiger partial charge in [-0.05, 0) is 12.8 Å². The summed E-state index contributed by atoms with van der Waals surface area (Å²) in [7, 11) is 0. The van der Waals surface area contributed by atoms with Crippen LogP contribution in [-0.4, -0.2) is 22.8 Å². The Balaban J connectivity index is 2.18. The number of likely N-dealkylation sites (tertiary alicyclic amines) is 1. The molecule has 4 heteroatoms. The van der Waals surface area contributed by atoms with E-state index in [2.05, 4.69) is 4.98 Å². The molecule has 0 aromatic carbocycles. The van der Waals surface area contributed by atoms with Gasteiger partial charge in [-0.25, -0.2) is 4.98 Å². The Morgan fingerprint density at radius 2 is 2.67 bits per heavy atom. The Hall–Kier alpha value is -0.900. The van der Waals surface area contributed by atoms with E-state index >= 15 is 0 Å². The van der Waals surface area contributed by atoms with Crippen molar-refractivity contribution in [3.63, 3.8) is 0 Å². The molecule has 0 bridgehead atoms. The van der Waals surface area contributed by atoms with Crippen LogP contribution in [0.5, 0.6) is 0 Å². The van der Waals surface area contributed by atoms with Crippen molar-refractivity contribution in [3.05, 3.63) is 16.6 Å². The van der Waals surface area contributed by atoms with Gasteiger partial charge in [-0.1, -0.05) is 0 Å². The van der Waals surface area contributed by atoms with Gasteiger partial charge in [0.1, 0.15) is 5.01 Å². The van der Waals surface area contributed by atoms with Crippen LogP contribution in [0.15, 0.2) is 11.6 Å². The second-order valence-corrected chi connectivity index (χ2v) is 3.80. The molecule has 1 amide bonds. The Kier molecular flexibility index (Phi) is 2.08. The average Bonchev–Trinajstić information content (AvgIpc) is 2.74. The molecule has 1 fully saturated rings. The summed E-state index contributed by atoms with van der Waals surface area (Å²) in [6.07, 6.45) is 4.88. The predicted molar refractivity (Wildman–Crippen MR) is 46.9 cm³/mol. The standard InChI is InChI=1S/C8H10N2OS/c11-6-10-4-1-2-7(10)8-9-3-5-12-8/h3,5-7H,1-2,4H2. The number of aromatic nitrogens is 1. The first-order valence-electron chi connectivity index (χ1n) is 4.02. The second-order valence-electron chi connectivity index (χ2n) is 2.87. The molecule has 0 spiro atoms. The van der Waals surface area contributed by atoms with Gasteiger partial charge in [-0.2, -0.15) is 0 Å². The van der Waals surface area contributed by atoms with Crippen LogP contribution in [-0.2, 0) is 4.79 Å². The smallest absolute Gasteiger partial charge is 0.210 e. The van der Waals surface area contributed by atoms with Crippen molar-refractivity contribution in [2.24, 2.45) is 0 Å². The Morgan fingerprint density at radius 1 is 1.75 bits per heavy atom. The van der Waals surface area contributed by atoms with Gasteiger partial charge in [0.25, 0.3) is 0 Å². The molecular formula is C8H10N2OS. The summed E-state index contributed by atoms with van der Waals surface area (Å²) in [5.41, 5.74) is 0. The summed E-state index contributed by atoms with van der Waals surface area (Å²) in [6, 6.07) is 0.252. The molecule has 1 unspecified atom stereocenters. The van der Waals surface area contributed by atoms with E-state index in [9.17, 15) is 4.79 Å². The molecule has 2 rings (SSSR count). The quantitative estimate of drug-likeness (QED) is 0.648. The van der Waals surface area contributed by atoms with E-state index in [1.165, 1.54) is 0 Å². The molecule has 1 aliphatic heterocycles. The number of thiazole rings is 1. The molecule has 0 aliphatic carbocycles. The lowest BCUT2D eigenvalue weighted by atomic mass is 10.2. The monoisotopic (exact) mass is 182 g/mol. The molecular weight excluding hydrogens is 172 g/mol. The van der Waals surface area contributed by atoms with Crippen molar-refractivity contribution >= 4 is 17.7 Å². The lowest BCUT2D eigenvalue weighted by molar-refractivity contribution is -0.118. The molecule has 2 heterocycles. The number of hydrogen-bond donors (Lipinski definition) is 0. The average molecular weight is 182 g/mol. The van der Waals surface area contributed by atoms with Crippen molar-refractivity contribution in [1.82, 2.24) is 9.88 Å². The fraction of sp³-hybridized carbons (Fsp3) is 0.500. The Bertz CT molecular complexity index is 260. The van der Waals surface area contributed by atoms with E-state index in [1.54, 1.807) is 17.5 Å². The highest BCUT2D eigenvalue weighted by molar-refractivity contribution is 7.09. The maximum Gasteiger partial charge on any atom is 0.210 e. The molecule has 0 radical (unpaired) electrons. The van der Waals surface area contributed by atoms with Gasteiger partial charge >= 0.3 is 0 Å². The normalized spacial score (nSPS) is 23.0. The first-order valence-corrected chi connectivity index (χ1v) is 4.90. The summed E-state index contributed by atoms with van der Waals surface area (Å²) < 4.78 is 0. The molecule has 1 atom stereocenters. The van der Waals surface area contributed by atoms with Crippen LogP contribution in [0.4, 0.5) is 0 Å². The molecule has 12 heavy (non-hydrogen) atoms. The minimum Gasteiger partial charge on any atom is -0.336 e. The SMILES string of the molecule is O=CN1CCCC1c1nccs1. The van der Waals surface area contributed by atoms with E-state index in [0.717, 1.165) is 30.8 Å². The molecule has 1 saturated heterocycles. The van der Waals surface area contributed by atoms with Crippen molar-refractivity contribution in [1.29, 1.82) is 0 Å². The van der Waals surface area contributed by atoms with Gasteiger partial charge in [-0.3, -0.25) is 4.79 Å². The topological polar surface area (TPSA) is 33.2 Å². The summed E-state index contributed by atoms with van der Waals surface area (Å²) in [6.45, 7) is 0.883. The van der Waals surface area contributed by atoms with Crippen LogP contribution in [0.2, 0.25) is 0 Å². The first-order chi connectivity index (χ1) is 5.92. The molecule has 1 aliphatic rings. The highest BCUT2D eigenvalue weighted by Gasteiger charge is 2.26. The second kappa shape index (κ2) is 3.23. The van der Waals surface area contributed by atoms with Crippen LogP contribution in [0.1, 0.15) is 23.9 Å². The zero-order valence-electron chi connectivity index (χ0n) is 6.64. The summed E-state index contributed by atoms with van der Waals surface area (Å²) in [5, 5.41) is 3.02. The van der Waals surface area contributed by atoms with Crippen LogP contribution in [0.3, 0.4) is 0 Å². The van der Waals surface area contributed by atoms with E-state index in [4.69, 9.17) is 0 Å². The first kappa shape index (κ1) is 7.73.